The van der Waals surface area contributed by atoms with Gasteiger partial charge in [-0.2, -0.15) is 8.42 Å². The van der Waals surface area contributed by atoms with E-state index in [-0.39, 0.29) is 0 Å². The van der Waals surface area contributed by atoms with Crippen molar-refractivity contribution in [1.82, 2.24) is 0 Å². The summed E-state index contributed by atoms with van der Waals surface area (Å²) in [5, 5.41) is 0. The SMILES string of the molecule is O=S(=O)(O)O.[S]=[Zn]. The van der Waals surface area contributed by atoms with Crippen LogP contribution in [-0.4, -0.2) is 17.5 Å². The van der Waals surface area contributed by atoms with Crippen molar-refractivity contribution in [2.24, 2.45) is 0 Å². The summed E-state index contributed by atoms with van der Waals surface area (Å²) in [5.41, 5.74) is 0. The number of hydrogen-bond acceptors (Lipinski definition) is 3. The molecule has 2 N–H and O–H groups in total. The van der Waals surface area contributed by atoms with E-state index < -0.39 is 10.4 Å². The molecule has 0 atom stereocenters. The third kappa shape index (κ3) is 293. The van der Waals surface area contributed by atoms with Gasteiger partial charge in [0.1, 0.15) is 0 Å². The Kier molecular flexibility index (Phi) is 7.40. The van der Waals surface area contributed by atoms with Gasteiger partial charge in [-0.25, -0.2) is 0 Å². The molecule has 40 valence electrons. The summed E-state index contributed by atoms with van der Waals surface area (Å²) in [5.74, 6) is 0. The molecule has 0 aromatic heterocycles. The summed E-state index contributed by atoms with van der Waals surface area (Å²) < 4.78 is 31.6. The molecule has 7 heteroatoms. The zero-order valence-electron chi connectivity index (χ0n) is 3.23. The fourth-order valence-electron chi connectivity index (χ4n) is 0. The van der Waals surface area contributed by atoms with Gasteiger partial charge in [0.2, 0.25) is 0 Å². The predicted molar refractivity (Wildman–Crippen MR) is 21.8 cm³/mol. The van der Waals surface area contributed by atoms with Crippen LogP contribution in [0.3, 0.4) is 0 Å². The minimum atomic E-state index is -4.67. The molecule has 0 aromatic rings. The zero-order chi connectivity index (χ0) is 6.50. The van der Waals surface area contributed by atoms with Crippen LogP contribution in [0.1, 0.15) is 0 Å². The summed E-state index contributed by atoms with van der Waals surface area (Å²) in [6.07, 6.45) is 0. The van der Waals surface area contributed by atoms with Gasteiger partial charge in [-0.05, 0) is 0 Å². The van der Waals surface area contributed by atoms with Crippen LogP contribution in [0.15, 0.2) is 0 Å². The maximum atomic E-state index is 8.74. The first-order valence-corrected chi connectivity index (χ1v) is 6.60. The average Bonchev–Trinajstić information content (AvgIpc) is 1.36. The molecule has 4 nitrogen and oxygen atoms in total. The molecule has 0 rings (SSSR count). The quantitative estimate of drug-likeness (QED) is 0.420. The van der Waals surface area contributed by atoms with E-state index in [1.54, 1.807) is 0 Å². The standard InChI is InChI=1S/H2O4S.S.Zn/c1-5(2,3)4;;/h(H2,1,2,3,4);;. The van der Waals surface area contributed by atoms with Crippen molar-refractivity contribution in [1.29, 1.82) is 0 Å². The van der Waals surface area contributed by atoms with Gasteiger partial charge in [0.15, 0.2) is 0 Å². The van der Waals surface area contributed by atoms with Crippen molar-refractivity contribution in [3.8, 4) is 0 Å². The molecule has 0 aliphatic rings. The van der Waals surface area contributed by atoms with Crippen molar-refractivity contribution in [2.45, 2.75) is 0 Å². The Balaban J connectivity index is 0. The number of hydrogen-bond donors (Lipinski definition) is 2. The van der Waals surface area contributed by atoms with Gasteiger partial charge in [0, 0.05) is 0 Å². The molecule has 0 fully saturated rings. The molecule has 0 saturated heterocycles. The van der Waals surface area contributed by atoms with Crippen LogP contribution in [0.25, 0.3) is 0 Å². The fourth-order valence-corrected chi connectivity index (χ4v) is 0. The molecule has 0 aliphatic heterocycles. The van der Waals surface area contributed by atoms with Crippen LogP contribution in [0.4, 0.5) is 0 Å². The zero-order valence-corrected chi connectivity index (χ0v) is 7.83. The summed E-state index contributed by atoms with van der Waals surface area (Å²) in [7, 11) is -0.458. The first-order valence-electron chi connectivity index (χ1n) is 0.987. The molecule has 0 saturated carbocycles. The second kappa shape index (κ2) is 4.86. The summed E-state index contributed by atoms with van der Waals surface area (Å²) >= 11 is 0.958. The molecule has 0 unspecified atom stereocenters. The monoisotopic (exact) mass is 194 g/mol. The number of rotatable bonds is 0. The molecule has 0 heterocycles. The second-order valence-corrected chi connectivity index (χ2v) is 1.34. The van der Waals surface area contributed by atoms with E-state index >= 15 is 0 Å². The third-order valence-corrected chi connectivity index (χ3v) is 0. The Morgan fingerprint density at radius 3 is 1.29 bits per heavy atom. The van der Waals surface area contributed by atoms with Crippen molar-refractivity contribution in [2.75, 3.05) is 0 Å². The van der Waals surface area contributed by atoms with E-state index in [0.29, 0.717) is 0 Å². The van der Waals surface area contributed by atoms with Gasteiger partial charge >= 0.3 is 37.1 Å². The molecule has 0 aliphatic carbocycles. The molecular weight excluding hydrogens is 194 g/mol. The average molecular weight is 196 g/mol. The van der Waals surface area contributed by atoms with Crippen molar-refractivity contribution < 1.29 is 34.1 Å². The molecule has 0 aromatic carbocycles. The Hall–Kier alpha value is 0.713. The van der Waals surface area contributed by atoms with E-state index in [2.05, 4.69) is 10.1 Å². The van der Waals surface area contributed by atoms with E-state index in [1.807, 2.05) is 0 Å². The molecule has 0 bridgehead atoms. The van der Waals surface area contributed by atoms with Gasteiger partial charge in [-0.1, -0.05) is 0 Å². The van der Waals surface area contributed by atoms with E-state index in [4.69, 9.17) is 17.5 Å². The fraction of sp³-hybridized carbons (Fsp3) is 0. The van der Waals surface area contributed by atoms with Crippen LogP contribution in [0, 0.1) is 0 Å². The minimum absolute atomic E-state index is 0.958. The van der Waals surface area contributed by atoms with Gasteiger partial charge < -0.3 is 0 Å². The first kappa shape index (κ1) is 10.6. The van der Waals surface area contributed by atoms with Crippen molar-refractivity contribution in [3.63, 3.8) is 0 Å². The summed E-state index contributed by atoms with van der Waals surface area (Å²) in [4.78, 5) is 0. The summed E-state index contributed by atoms with van der Waals surface area (Å²) in [6, 6.07) is 0. The van der Waals surface area contributed by atoms with Crippen LogP contribution < -0.4 is 0 Å². The van der Waals surface area contributed by atoms with E-state index in [0.717, 1.165) is 16.6 Å². The molecule has 0 spiro atoms. The van der Waals surface area contributed by atoms with Crippen LogP contribution >= 0.6 is 10.1 Å². The Morgan fingerprint density at radius 2 is 1.29 bits per heavy atom. The van der Waals surface area contributed by atoms with Crippen molar-refractivity contribution >= 4 is 20.5 Å². The predicted octanol–water partition coefficient (Wildman–Crippen LogP) is -0.00710. The van der Waals surface area contributed by atoms with Gasteiger partial charge in [-0.15, -0.1) is 0 Å². The Morgan fingerprint density at radius 1 is 1.29 bits per heavy atom. The molecule has 0 amide bonds. The maximum absolute atomic E-state index is 8.74. The molecular formula is H2O4S2Zn. The second-order valence-electron chi connectivity index (χ2n) is 0.448. The Labute approximate surface area is 54.8 Å². The van der Waals surface area contributed by atoms with Gasteiger partial charge in [0.05, 0.1) is 0 Å². The first-order chi connectivity index (χ1) is 3.00. The molecule has 0 radical (unpaired) electrons. The van der Waals surface area contributed by atoms with Gasteiger partial charge in [-0.3, -0.25) is 9.11 Å². The van der Waals surface area contributed by atoms with Crippen LogP contribution in [-0.2, 0) is 27.0 Å². The topological polar surface area (TPSA) is 74.6 Å². The third-order valence-electron chi connectivity index (χ3n) is 0. The van der Waals surface area contributed by atoms with E-state index in [1.165, 1.54) is 0 Å². The van der Waals surface area contributed by atoms with Gasteiger partial charge in [0.25, 0.3) is 0 Å². The van der Waals surface area contributed by atoms with Crippen LogP contribution in [0.5, 0.6) is 0 Å². The van der Waals surface area contributed by atoms with E-state index in [9.17, 15) is 0 Å². The molecule has 7 heavy (non-hydrogen) atoms. The Bertz CT molecular complexity index is 104. The van der Waals surface area contributed by atoms with Crippen LogP contribution in [0.2, 0.25) is 0 Å². The normalized spacial score (nSPS) is 9.14. The summed E-state index contributed by atoms with van der Waals surface area (Å²) in [6.45, 7) is 0. The van der Waals surface area contributed by atoms with Crippen molar-refractivity contribution in [3.05, 3.63) is 0 Å².